The molecular weight excluding hydrogens is 312 g/mol. The molecule has 1 amide bonds. The highest BCUT2D eigenvalue weighted by Gasteiger charge is 2.37. The maximum Gasteiger partial charge on any atom is 0.246 e. The molecule has 1 fully saturated rings. The molecule has 0 unspecified atom stereocenters. The SMILES string of the molecule is C#CCN(C)C/C=C/C(=O)N1CCC2(C=Cc3ccccc3O2)CC1. The molecule has 0 atom stereocenters. The third kappa shape index (κ3) is 4.12. The van der Waals surface area contributed by atoms with Crippen LogP contribution in [0.4, 0.5) is 0 Å². The zero-order valence-corrected chi connectivity index (χ0v) is 14.6. The number of amides is 1. The van der Waals surface area contributed by atoms with Crippen LogP contribution in [0.5, 0.6) is 5.75 Å². The van der Waals surface area contributed by atoms with Gasteiger partial charge >= 0.3 is 0 Å². The van der Waals surface area contributed by atoms with Crippen molar-refractivity contribution in [2.75, 3.05) is 33.2 Å². The highest BCUT2D eigenvalue weighted by atomic mass is 16.5. The quantitative estimate of drug-likeness (QED) is 0.626. The van der Waals surface area contributed by atoms with Crippen LogP contribution in [-0.4, -0.2) is 54.5 Å². The van der Waals surface area contributed by atoms with Gasteiger partial charge in [0.1, 0.15) is 11.4 Å². The predicted octanol–water partition coefficient (Wildman–Crippen LogP) is 2.57. The molecule has 0 aromatic heterocycles. The molecular formula is C21H24N2O2. The Morgan fingerprint density at radius 2 is 2.16 bits per heavy atom. The molecule has 25 heavy (non-hydrogen) atoms. The van der Waals surface area contributed by atoms with Crippen LogP contribution in [0.25, 0.3) is 6.08 Å². The van der Waals surface area contributed by atoms with Gasteiger partial charge in [-0.2, -0.15) is 0 Å². The van der Waals surface area contributed by atoms with E-state index in [1.54, 1.807) is 6.08 Å². The van der Waals surface area contributed by atoms with Gasteiger partial charge in [0.2, 0.25) is 5.91 Å². The summed E-state index contributed by atoms with van der Waals surface area (Å²) in [5.74, 6) is 3.58. The van der Waals surface area contributed by atoms with E-state index in [4.69, 9.17) is 11.2 Å². The molecule has 0 N–H and O–H groups in total. The Bertz CT molecular complexity index is 722. The second kappa shape index (κ2) is 7.58. The Kier molecular flexibility index (Phi) is 5.25. The first-order valence-electron chi connectivity index (χ1n) is 8.67. The van der Waals surface area contributed by atoms with Crippen molar-refractivity contribution >= 4 is 12.0 Å². The van der Waals surface area contributed by atoms with E-state index in [0.717, 1.165) is 24.2 Å². The molecule has 1 aromatic rings. The summed E-state index contributed by atoms with van der Waals surface area (Å²) in [5.41, 5.74) is 0.840. The molecule has 3 rings (SSSR count). The Morgan fingerprint density at radius 1 is 1.40 bits per heavy atom. The summed E-state index contributed by atoms with van der Waals surface area (Å²) in [6.07, 6.45) is 14.7. The fraction of sp³-hybridized carbons (Fsp3) is 0.381. The van der Waals surface area contributed by atoms with E-state index < -0.39 is 0 Å². The number of benzene rings is 1. The van der Waals surface area contributed by atoms with Gasteiger partial charge < -0.3 is 9.64 Å². The van der Waals surface area contributed by atoms with Gasteiger partial charge in [-0.05, 0) is 19.2 Å². The lowest BCUT2D eigenvalue weighted by Crippen LogP contribution is -2.49. The van der Waals surface area contributed by atoms with Gasteiger partial charge in [-0.3, -0.25) is 9.69 Å². The van der Waals surface area contributed by atoms with Gasteiger partial charge in [0.25, 0.3) is 0 Å². The molecule has 130 valence electrons. The van der Waals surface area contributed by atoms with Crippen LogP contribution < -0.4 is 4.74 Å². The Hall–Kier alpha value is -2.51. The minimum Gasteiger partial charge on any atom is -0.482 e. The number of likely N-dealkylation sites (tertiary alicyclic amines) is 1. The number of carbonyl (C=O) groups is 1. The van der Waals surface area contributed by atoms with E-state index in [9.17, 15) is 4.79 Å². The van der Waals surface area contributed by atoms with E-state index in [1.807, 2.05) is 41.1 Å². The maximum atomic E-state index is 12.3. The third-order valence-electron chi connectivity index (χ3n) is 4.76. The lowest BCUT2D eigenvalue weighted by molar-refractivity contribution is -0.128. The van der Waals surface area contributed by atoms with E-state index >= 15 is 0 Å². The first kappa shape index (κ1) is 17.3. The predicted molar refractivity (Wildman–Crippen MR) is 100 cm³/mol. The maximum absolute atomic E-state index is 12.3. The Morgan fingerprint density at radius 3 is 2.92 bits per heavy atom. The molecule has 4 heteroatoms. The summed E-state index contributed by atoms with van der Waals surface area (Å²) in [6, 6.07) is 8.07. The number of ether oxygens (including phenoxy) is 1. The zero-order valence-electron chi connectivity index (χ0n) is 14.6. The van der Waals surface area contributed by atoms with Crippen molar-refractivity contribution in [1.29, 1.82) is 0 Å². The van der Waals surface area contributed by atoms with Crippen molar-refractivity contribution in [3.05, 3.63) is 48.1 Å². The van der Waals surface area contributed by atoms with E-state index in [-0.39, 0.29) is 11.5 Å². The molecule has 2 aliphatic heterocycles. The normalized spacial score (nSPS) is 18.2. The molecule has 0 saturated carbocycles. The summed E-state index contributed by atoms with van der Waals surface area (Å²) in [4.78, 5) is 16.2. The standard InChI is InChI=1S/C21H24N2O2/c1-3-14-22(2)15-6-9-20(24)23-16-12-21(13-17-23)11-10-18-7-4-5-8-19(18)25-21/h1,4-11H,12-17H2,2H3/b9-6+. The van der Waals surface area contributed by atoms with Crippen LogP contribution in [0.2, 0.25) is 0 Å². The van der Waals surface area contributed by atoms with Crippen molar-refractivity contribution in [2.24, 2.45) is 0 Å². The number of rotatable bonds is 4. The van der Waals surface area contributed by atoms with E-state index in [2.05, 4.69) is 24.1 Å². The number of nitrogens with zero attached hydrogens (tertiary/aromatic N) is 2. The topological polar surface area (TPSA) is 32.8 Å². The number of likely N-dealkylation sites (N-methyl/N-ethyl adjacent to an activating group) is 1. The van der Waals surface area contributed by atoms with E-state index in [1.165, 1.54) is 0 Å². The second-order valence-electron chi connectivity index (χ2n) is 6.67. The van der Waals surface area contributed by atoms with Gasteiger partial charge in [0.15, 0.2) is 0 Å². The summed E-state index contributed by atoms with van der Waals surface area (Å²) in [6.45, 7) is 2.66. The number of hydrogen-bond acceptors (Lipinski definition) is 3. The van der Waals surface area contributed by atoms with Crippen LogP contribution in [0.15, 0.2) is 42.5 Å². The Balaban J connectivity index is 1.53. The first-order chi connectivity index (χ1) is 12.1. The highest BCUT2D eigenvalue weighted by Crippen LogP contribution is 2.36. The van der Waals surface area contributed by atoms with Gasteiger partial charge in [-0.1, -0.05) is 36.3 Å². The molecule has 4 nitrogen and oxygen atoms in total. The highest BCUT2D eigenvalue weighted by molar-refractivity contribution is 5.87. The van der Waals surface area contributed by atoms with Crippen molar-refractivity contribution < 1.29 is 9.53 Å². The lowest BCUT2D eigenvalue weighted by atomic mass is 9.88. The third-order valence-corrected chi connectivity index (χ3v) is 4.76. The van der Waals surface area contributed by atoms with Crippen LogP contribution in [-0.2, 0) is 4.79 Å². The van der Waals surface area contributed by atoms with Gasteiger partial charge in [0, 0.05) is 44.1 Å². The zero-order chi connectivity index (χ0) is 17.7. The van der Waals surface area contributed by atoms with Crippen LogP contribution in [0.1, 0.15) is 18.4 Å². The van der Waals surface area contributed by atoms with Crippen LogP contribution >= 0.6 is 0 Å². The monoisotopic (exact) mass is 336 g/mol. The molecule has 1 spiro atoms. The van der Waals surface area contributed by atoms with Crippen molar-refractivity contribution in [3.8, 4) is 18.1 Å². The minimum atomic E-state index is -0.276. The molecule has 0 radical (unpaired) electrons. The molecule has 0 bridgehead atoms. The smallest absolute Gasteiger partial charge is 0.246 e. The summed E-state index contributed by atoms with van der Waals surface area (Å²) < 4.78 is 6.26. The second-order valence-corrected chi connectivity index (χ2v) is 6.67. The minimum absolute atomic E-state index is 0.0594. The molecule has 0 aliphatic carbocycles. The van der Waals surface area contributed by atoms with Crippen molar-refractivity contribution in [2.45, 2.75) is 18.4 Å². The van der Waals surface area contributed by atoms with Gasteiger partial charge in [-0.25, -0.2) is 0 Å². The van der Waals surface area contributed by atoms with Gasteiger partial charge in [-0.15, -0.1) is 6.42 Å². The molecule has 2 heterocycles. The fourth-order valence-electron chi connectivity index (χ4n) is 3.24. The number of hydrogen-bond donors (Lipinski definition) is 0. The van der Waals surface area contributed by atoms with Gasteiger partial charge in [0.05, 0.1) is 6.54 Å². The summed E-state index contributed by atoms with van der Waals surface area (Å²) in [5, 5.41) is 0. The first-order valence-corrected chi connectivity index (χ1v) is 8.67. The number of piperidine rings is 1. The largest absolute Gasteiger partial charge is 0.482 e. The van der Waals surface area contributed by atoms with Crippen molar-refractivity contribution in [3.63, 3.8) is 0 Å². The number of para-hydroxylation sites is 1. The van der Waals surface area contributed by atoms with Crippen molar-refractivity contribution in [1.82, 2.24) is 9.80 Å². The van der Waals surface area contributed by atoms with Crippen LogP contribution in [0.3, 0.4) is 0 Å². The average molecular weight is 336 g/mol. The molecule has 2 aliphatic rings. The molecule has 1 saturated heterocycles. The van der Waals surface area contributed by atoms with E-state index in [0.29, 0.717) is 26.2 Å². The number of carbonyl (C=O) groups excluding carboxylic acids is 1. The fourth-order valence-corrected chi connectivity index (χ4v) is 3.24. The summed E-state index contributed by atoms with van der Waals surface area (Å²) in [7, 11) is 1.93. The number of terminal acetylenes is 1. The molecule has 1 aromatic carbocycles. The lowest BCUT2D eigenvalue weighted by Gasteiger charge is -2.41. The number of fused-ring (bicyclic) bond motifs is 1. The Labute approximate surface area is 149 Å². The summed E-state index contributed by atoms with van der Waals surface area (Å²) >= 11 is 0. The van der Waals surface area contributed by atoms with Crippen LogP contribution in [0, 0.1) is 12.3 Å². The average Bonchev–Trinajstić information content (AvgIpc) is 2.62.